The van der Waals surface area contributed by atoms with E-state index in [1.807, 2.05) is 24.3 Å². The number of hydrogen-bond donors (Lipinski definition) is 2. The number of rotatable bonds is 4. The minimum Gasteiger partial charge on any atom is -0.325 e. The molecule has 2 N–H and O–H groups in total. The number of anilines is 1. The van der Waals surface area contributed by atoms with Crippen molar-refractivity contribution in [1.29, 1.82) is 0 Å². The van der Waals surface area contributed by atoms with Crippen molar-refractivity contribution in [3.63, 3.8) is 0 Å². The van der Waals surface area contributed by atoms with Gasteiger partial charge in [0, 0.05) is 14.8 Å². The Labute approximate surface area is 151 Å². The van der Waals surface area contributed by atoms with Crippen LogP contribution in [0.15, 0.2) is 34.2 Å². The molecule has 1 aromatic heterocycles. The fourth-order valence-corrected chi connectivity index (χ4v) is 3.55. The van der Waals surface area contributed by atoms with Crippen molar-refractivity contribution < 1.29 is 4.79 Å². The van der Waals surface area contributed by atoms with Gasteiger partial charge in [0.05, 0.1) is 11.4 Å². The summed E-state index contributed by atoms with van der Waals surface area (Å²) in [4.78, 5) is 31.3. The summed E-state index contributed by atoms with van der Waals surface area (Å²) < 4.78 is 1.12. The third kappa shape index (κ3) is 4.35. The minimum atomic E-state index is -0.114. The molecule has 0 saturated heterocycles. The number of hydrogen-bond acceptors (Lipinski definition) is 4. The average Bonchev–Trinajstić information content (AvgIpc) is 2.55. The number of carbonyl (C=O) groups excluding carboxylic acids is 1. The van der Waals surface area contributed by atoms with Gasteiger partial charge in [-0.25, -0.2) is 4.98 Å². The molecule has 1 heterocycles. The molecule has 0 atom stereocenters. The van der Waals surface area contributed by atoms with Crippen molar-refractivity contribution in [3.8, 4) is 0 Å². The third-order valence-corrected chi connectivity index (χ3v) is 5.23. The van der Waals surface area contributed by atoms with Crippen LogP contribution in [0.2, 0.25) is 0 Å². The summed E-state index contributed by atoms with van der Waals surface area (Å²) in [5, 5.41) is 3.36. The van der Waals surface area contributed by atoms with Crippen LogP contribution in [0.25, 0.3) is 0 Å². The number of amides is 1. The molecule has 120 valence electrons. The van der Waals surface area contributed by atoms with E-state index in [1.165, 1.54) is 11.8 Å². The number of aryl methyl sites for hydroxylation is 1. The highest BCUT2D eigenvalue weighted by Gasteiger charge is 2.16. The van der Waals surface area contributed by atoms with E-state index in [0.717, 1.165) is 46.2 Å². The third-order valence-electron chi connectivity index (χ3n) is 3.64. The quantitative estimate of drug-likeness (QED) is 0.435. The van der Waals surface area contributed by atoms with E-state index in [0.29, 0.717) is 5.16 Å². The summed E-state index contributed by atoms with van der Waals surface area (Å²) in [7, 11) is 0. The van der Waals surface area contributed by atoms with Crippen LogP contribution in [0, 0.1) is 3.57 Å². The van der Waals surface area contributed by atoms with Gasteiger partial charge in [-0.05, 0) is 72.5 Å². The van der Waals surface area contributed by atoms with Crippen LogP contribution >= 0.6 is 34.4 Å². The van der Waals surface area contributed by atoms with Gasteiger partial charge < -0.3 is 10.3 Å². The Bertz CT molecular complexity index is 774. The molecule has 0 fully saturated rings. The lowest BCUT2D eigenvalue weighted by Gasteiger charge is -2.14. The van der Waals surface area contributed by atoms with E-state index in [9.17, 15) is 9.59 Å². The van der Waals surface area contributed by atoms with Gasteiger partial charge in [0.2, 0.25) is 5.91 Å². The maximum absolute atomic E-state index is 12.0. The van der Waals surface area contributed by atoms with Crippen LogP contribution < -0.4 is 10.9 Å². The number of H-pyrrole nitrogens is 1. The number of benzene rings is 1. The molecular weight excluding hydrogens is 425 g/mol. The van der Waals surface area contributed by atoms with Crippen molar-refractivity contribution in [1.82, 2.24) is 9.97 Å². The first-order valence-electron chi connectivity index (χ1n) is 7.42. The first-order valence-corrected chi connectivity index (χ1v) is 9.48. The average molecular weight is 441 g/mol. The standard InChI is InChI=1S/C16H16IN3O2S/c17-10-5-7-11(8-6-10)18-14(21)9-23-16-19-13-4-2-1-3-12(13)15(22)20-16/h5-8H,1-4,9H2,(H,18,21)(H,19,20,22). The monoisotopic (exact) mass is 441 g/mol. The first kappa shape index (κ1) is 16.5. The Morgan fingerprint density at radius 1 is 1.26 bits per heavy atom. The van der Waals surface area contributed by atoms with Crippen molar-refractivity contribution >= 4 is 45.9 Å². The zero-order valence-corrected chi connectivity index (χ0v) is 15.4. The molecule has 23 heavy (non-hydrogen) atoms. The molecule has 0 spiro atoms. The molecule has 0 aliphatic heterocycles. The number of thioether (sulfide) groups is 1. The van der Waals surface area contributed by atoms with Crippen LogP contribution in [0.5, 0.6) is 0 Å². The minimum absolute atomic E-state index is 0.0600. The number of carbonyl (C=O) groups is 1. The maximum Gasteiger partial charge on any atom is 0.254 e. The first-order chi connectivity index (χ1) is 11.1. The molecule has 1 aliphatic rings. The SMILES string of the molecule is O=C(CSc1nc2c(c(=O)[nH]1)CCCC2)Nc1ccc(I)cc1. The molecule has 0 bridgehead atoms. The van der Waals surface area contributed by atoms with E-state index < -0.39 is 0 Å². The number of nitrogens with one attached hydrogen (secondary N) is 2. The van der Waals surface area contributed by atoms with Gasteiger partial charge in [0.1, 0.15) is 0 Å². The van der Waals surface area contributed by atoms with Crippen molar-refractivity contribution in [2.45, 2.75) is 30.8 Å². The molecule has 0 unspecified atom stereocenters. The van der Waals surface area contributed by atoms with Gasteiger partial charge in [-0.1, -0.05) is 11.8 Å². The smallest absolute Gasteiger partial charge is 0.254 e. The van der Waals surface area contributed by atoms with E-state index >= 15 is 0 Å². The molecule has 1 aromatic carbocycles. The topological polar surface area (TPSA) is 74.8 Å². The highest BCUT2D eigenvalue weighted by Crippen LogP contribution is 2.19. The molecule has 3 rings (SSSR count). The van der Waals surface area contributed by atoms with Crippen LogP contribution in [-0.2, 0) is 17.6 Å². The molecule has 0 saturated carbocycles. The second kappa shape index (κ2) is 7.48. The summed E-state index contributed by atoms with van der Waals surface area (Å²) in [6.45, 7) is 0. The lowest BCUT2D eigenvalue weighted by Crippen LogP contribution is -2.22. The van der Waals surface area contributed by atoms with Gasteiger partial charge in [-0.15, -0.1) is 0 Å². The molecule has 1 amide bonds. The molecule has 0 radical (unpaired) electrons. The molecule has 1 aliphatic carbocycles. The Morgan fingerprint density at radius 2 is 2.00 bits per heavy atom. The van der Waals surface area contributed by atoms with Crippen LogP contribution in [-0.4, -0.2) is 21.6 Å². The molecule has 5 nitrogen and oxygen atoms in total. The second-order valence-corrected chi connectivity index (χ2v) is 7.56. The summed E-state index contributed by atoms with van der Waals surface area (Å²) in [6, 6.07) is 7.60. The zero-order valence-electron chi connectivity index (χ0n) is 12.4. The Hall–Kier alpha value is -1.35. The largest absolute Gasteiger partial charge is 0.325 e. The number of aromatic amines is 1. The van der Waals surface area contributed by atoms with Gasteiger partial charge in [0.15, 0.2) is 5.16 Å². The van der Waals surface area contributed by atoms with Gasteiger partial charge >= 0.3 is 0 Å². The lowest BCUT2D eigenvalue weighted by atomic mass is 9.97. The summed E-state index contributed by atoms with van der Waals surface area (Å²) in [5.41, 5.74) is 2.41. The van der Waals surface area contributed by atoms with Crippen LogP contribution in [0.4, 0.5) is 5.69 Å². The van der Waals surface area contributed by atoms with Gasteiger partial charge in [0.25, 0.3) is 5.56 Å². The molecule has 7 heteroatoms. The fraction of sp³-hybridized carbons (Fsp3) is 0.312. The summed E-state index contributed by atoms with van der Waals surface area (Å²) >= 11 is 3.47. The van der Waals surface area contributed by atoms with Crippen molar-refractivity contribution in [3.05, 3.63) is 49.4 Å². The summed E-state index contributed by atoms with van der Waals surface area (Å²) in [6.07, 6.45) is 3.76. The highest BCUT2D eigenvalue weighted by molar-refractivity contribution is 14.1. The maximum atomic E-state index is 12.0. The van der Waals surface area contributed by atoms with Gasteiger partial charge in [-0.2, -0.15) is 0 Å². The Balaban J connectivity index is 1.61. The Kier molecular flexibility index (Phi) is 5.37. The van der Waals surface area contributed by atoms with E-state index in [-0.39, 0.29) is 17.2 Å². The fourth-order valence-electron chi connectivity index (χ4n) is 2.51. The predicted molar refractivity (Wildman–Crippen MR) is 100 cm³/mol. The Morgan fingerprint density at radius 3 is 2.78 bits per heavy atom. The molecular formula is C16H16IN3O2S. The lowest BCUT2D eigenvalue weighted by molar-refractivity contribution is -0.113. The zero-order chi connectivity index (χ0) is 16.2. The summed E-state index contributed by atoms with van der Waals surface area (Å²) in [5.74, 6) is 0.102. The van der Waals surface area contributed by atoms with E-state index in [1.54, 1.807) is 0 Å². The molecule has 2 aromatic rings. The second-order valence-electron chi connectivity index (χ2n) is 5.35. The number of halogens is 1. The van der Waals surface area contributed by atoms with Gasteiger partial charge in [-0.3, -0.25) is 9.59 Å². The van der Waals surface area contributed by atoms with Crippen LogP contribution in [0.3, 0.4) is 0 Å². The van der Waals surface area contributed by atoms with E-state index in [2.05, 4.69) is 37.9 Å². The number of nitrogens with zero attached hydrogens (tertiary/aromatic N) is 1. The number of aromatic nitrogens is 2. The van der Waals surface area contributed by atoms with Crippen molar-refractivity contribution in [2.24, 2.45) is 0 Å². The predicted octanol–water partition coefficient (Wildman–Crippen LogP) is 2.98. The van der Waals surface area contributed by atoms with E-state index in [4.69, 9.17) is 0 Å². The normalized spacial score (nSPS) is 13.4. The van der Waals surface area contributed by atoms with Crippen LogP contribution in [0.1, 0.15) is 24.1 Å². The highest BCUT2D eigenvalue weighted by atomic mass is 127. The number of fused-ring (bicyclic) bond motifs is 1. The van der Waals surface area contributed by atoms with Crippen molar-refractivity contribution in [2.75, 3.05) is 11.1 Å².